The van der Waals surface area contributed by atoms with Gasteiger partial charge in [-0.15, -0.1) is 10.2 Å². The molecule has 3 amide bonds. The monoisotopic (exact) mass is 669 g/mol. The Labute approximate surface area is 285 Å². The second-order valence-electron chi connectivity index (χ2n) is 14.1. The number of hydrogen-bond acceptors (Lipinski definition) is 8. The lowest BCUT2D eigenvalue weighted by molar-refractivity contribution is -0.145. The first-order valence-electron chi connectivity index (χ1n) is 16.9. The second-order valence-corrected chi connectivity index (χ2v) is 14.1. The number of benzene rings is 2. The van der Waals surface area contributed by atoms with Gasteiger partial charge in [-0.05, 0) is 62.8 Å². The van der Waals surface area contributed by atoms with Crippen LogP contribution in [0, 0.1) is 5.92 Å². The van der Waals surface area contributed by atoms with E-state index in [9.17, 15) is 24.3 Å². The number of alkyl carbamates (subject to hydrolysis) is 1. The largest absolute Gasteiger partial charge is 0.479 e. The molecule has 6 rings (SSSR count). The molecule has 2 fully saturated rings. The zero-order valence-electron chi connectivity index (χ0n) is 28.0. The van der Waals surface area contributed by atoms with Gasteiger partial charge in [-0.3, -0.25) is 9.59 Å². The number of ether oxygens (including phenoxy) is 1. The summed E-state index contributed by atoms with van der Waals surface area (Å²) in [5, 5.41) is 29.1. The van der Waals surface area contributed by atoms with Crippen molar-refractivity contribution in [2.75, 3.05) is 6.54 Å². The number of aromatic nitrogens is 4. The zero-order valence-corrected chi connectivity index (χ0v) is 28.0. The van der Waals surface area contributed by atoms with Crippen LogP contribution in [0.4, 0.5) is 4.79 Å². The first-order valence-corrected chi connectivity index (χ1v) is 16.9. The van der Waals surface area contributed by atoms with E-state index in [0.717, 1.165) is 36.0 Å². The number of carbonyl (C=O) groups is 4. The topological polar surface area (TPSA) is 169 Å². The summed E-state index contributed by atoms with van der Waals surface area (Å²) in [7, 11) is 0. The van der Waals surface area contributed by atoms with Crippen LogP contribution in [0.3, 0.4) is 0 Å². The Morgan fingerprint density at radius 2 is 1.76 bits per heavy atom. The summed E-state index contributed by atoms with van der Waals surface area (Å²) >= 11 is 0. The summed E-state index contributed by atoms with van der Waals surface area (Å²) in [6.07, 6.45) is 6.90. The van der Waals surface area contributed by atoms with Gasteiger partial charge in [-0.25, -0.2) is 9.59 Å². The molecular formula is C36H43N7O6. The maximum atomic E-state index is 14.3. The number of carboxylic acids is 1. The normalized spacial score (nSPS) is 26.7. The molecular weight excluding hydrogens is 626 g/mol. The highest BCUT2D eigenvalue weighted by molar-refractivity contribution is 5.96. The Morgan fingerprint density at radius 1 is 1.02 bits per heavy atom. The van der Waals surface area contributed by atoms with Gasteiger partial charge in [-0.2, -0.15) is 4.80 Å². The minimum absolute atomic E-state index is 0.0585. The average molecular weight is 670 g/mol. The fraction of sp³-hybridized carbons (Fsp3) is 0.472. The number of nitrogens with one attached hydrogen (secondary N) is 2. The van der Waals surface area contributed by atoms with E-state index < -0.39 is 53.1 Å². The number of carbonyl (C=O) groups excluding carboxylic acids is 3. The van der Waals surface area contributed by atoms with Gasteiger partial charge < -0.3 is 25.4 Å². The molecule has 3 aliphatic rings. The van der Waals surface area contributed by atoms with Gasteiger partial charge >= 0.3 is 12.1 Å². The minimum Gasteiger partial charge on any atom is -0.479 e. The number of fused-ring (bicyclic) bond motifs is 2. The van der Waals surface area contributed by atoms with Crippen molar-refractivity contribution < 1.29 is 29.0 Å². The van der Waals surface area contributed by atoms with Crippen LogP contribution in [0.15, 0.2) is 66.7 Å². The Kier molecular flexibility index (Phi) is 9.53. The van der Waals surface area contributed by atoms with Crippen molar-refractivity contribution in [1.82, 2.24) is 35.7 Å². The third-order valence-corrected chi connectivity index (χ3v) is 9.34. The highest BCUT2D eigenvalue weighted by Gasteiger charge is 2.61. The van der Waals surface area contributed by atoms with Crippen LogP contribution in [0.2, 0.25) is 0 Å². The average Bonchev–Trinajstić information content (AvgIpc) is 3.37. The number of aliphatic carboxylic acids is 1. The van der Waals surface area contributed by atoms with E-state index in [1.807, 2.05) is 66.7 Å². The molecule has 0 bridgehead atoms. The van der Waals surface area contributed by atoms with Crippen molar-refractivity contribution >= 4 is 23.9 Å². The molecule has 0 spiro atoms. The summed E-state index contributed by atoms with van der Waals surface area (Å²) < 4.78 is 5.48. The van der Waals surface area contributed by atoms with Crippen molar-refractivity contribution in [3.63, 3.8) is 0 Å². The summed E-state index contributed by atoms with van der Waals surface area (Å²) in [6.45, 7) is 5.28. The molecule has 0 radical (unpaired) electrons. The smallest absolute Gasteiger partial charge is 0.408 e. The van der Waals surface area contributed by atoms with Gasteiger partial charge in [0.15, 0.2) is 0 Å². The Balaban J connectivity index is 1.31. The van der Waals surface area contributed by atoms with Crippen LogP contribution >= 0.6 is 0 Å². The summed E-state index contributed by atoms with van der Waals surface area (Å²) in [4.78, 5) is 56.4. The zero-order chi connectivity index (χ0) is 34.8. The lowest BCUT2D eigenvalue weighted by Gasteiger charge is -2.30. The predicted octanol–water partition coefficient (Wildman–Crippen LogP) is 4.52. The van der Waals surface area contributed by atoms with E-state index in [4.69, 9.17) is 9.84 Å². The molecule has 13 heteroatoms. The van der Waals surface area contributed by atoms with Crippen LogP contribution in [0.25, 0.3) is 22.5 Å². The number of carboxylic acid groups (broad SMARTS) is 1. The van der Waals surface area contributed by atoms with Gasteiger partial charge in [0.25, 0.3) is 0 Å². The lowest BCUT2D eigenvalue weighted by Crippen LogP contribution is -2.56. The van der Waals surface area contributed by atoms with Crippen molar-refractivity contribution in [2.45, 2.75) is 95.0 Å². The molecule has 13 nitrogen and oxygen atoms in total. The second kappa shape index (κ2) is 13.8. The van der Waals surface area contributed by atoms with Crippen LogP contribution in [-0.2, 0) is 19.1 Å². The molecule has 49 heavy (non-hydrogen) atoms. The number of allylic oxidation sites excluding steroid dienone is 1. The van der Waals surface area contributed by atoms with Crippen LogP contribution in [0.1, 0.15) is 71.8 Å². The standard InChI is InChI=1S/C36H43N7O6/c1-35(2,3)49-34(48)37-28-19-11-6-4-5-10-16-24-21-36(24,33(46)47)38-31(44)29-20-25(22-42(29)32(28)45)43-40-30(39-41-43)27-18-13-12-17-26(27)23-14-8-7-9-15-23/h7-10,12-18,24-25,28-29H,4-6,11,19-22H2,1-3H3,(H,37,48)(H,38,44)(H,46,47)/b16-10-/t24?,25-,28?,29?,36?/m1/s1. The number of hydrogen-bond donors (Lipinski definition) is 3. The van der Waals surface area contributed by atoms with Gasteiger partial charge in [-0.1, -0.05) is 79.6 Å². The van der Waals surface area contributed by atoms with Crippen molar-refractivity contribution in [3.8, 4) is 22.5 Å². The fourth-order valence-corrected chi connectivity index (χ4v) is 6.73. The van der Waals surface area contributed by atoms with Crippen LogP contribution in [-0.4, -0.2) is 83.9 Å². The van der Waals surface area contributed by atoms with E-state index in [0.29, 0.717) is 18.7 Å². The summed E-state index contributed by atoms with van der Waals surface area (Å²) in [6, 6.07) is 15.1. The van der Waals surface area contributed by atoms with E-state index >= 15 is 0 Å². The molecule has 5 atom stereocenters. The lowest BCUT2D eigenvalue weighted by atomic mass is 9.99. The maximum absolute atomic E-state index is 14.3. The highest BCUT2D eigenvalue weighted by Crippen LogP contribution is 2.45. The molecule has 3 aromatic rings. The number of nitrogens with zero attached hydrogens (tertiary/aromatic N) is 5. The molecule has 3 heterocycles. The summed E-state index contributed by atoms with van der Waals surface area (Å²) in [5.41, 5.74) is 0.489. The Hall–Kier alpha value is -5.07. The molecule has 2 aromatic carbocycles. The molecule has 4 unspecified atom stereocenters. The fourth-order valence-electron chi connectivity index (χ4n) is 6.73. The molecule has 1 saturated heterocycles. The maximum Gasteiger partial charge on any atom is 0.408 e. The van der Waals surface area contributed by atoms with Crippen molar-refractivity contribution in [3.05, 3.63) is 66.7 Å². The molecule has 258 valence electrons. The Morgan fingerprint density at radius 3 is 2.49 bits per heavy atom. The van der Waals surface area contributed by atoms with Crippen LogP contribution < -0.4 is 10.6 Å². The first kappa shape index (κ1) is 33.8. The minimum atomic E-state index is -1.44. The Bertz CT molecular complexity index is 1730. The molecule has 1 aliphatic carbocycles. The first-order chi connectivity index (χ1) is 23.4. The van der Waals surface area contributed by atoms with Gasteiger partial charge in [0.2, 0.25) is 17.6 Å². The number of amides is 3. The van der Waals surface area contributed by atoms with E-state index in [1.165, 1.54) is 9.70 Å². The highest BCUT2D eigenvalue weighted by atomic mass is 16.6. The number of rotatable bonds is 5. The van der Waals surface area contributed by atoms with E-state index in [2.05, 4.69) is 20.9 Å². The predicted molar refractivity (Wildman–Crippen MR) is 180 cm³/mol. The van der Waals surface area contributed by atoms with E-state index in [-0.39, 0.29) is 25.3 Å². The third kappa shape index (κ3) is 7.50. The molecule has 1 saturated carbocycles. The quantitative estimate of drug-likeness (QED) is 0.331. The van der Waals surface area contributed by atoms with Crippen LogP contribution in [0.5, 0.6) is 0 Å². The molecule has 2 aliphatic heterocycles. The molecule has 3 N–H and O–H groups in total. The SMILES string of the molecule is CC(C)(C)OC(=O)NC1CCCCC/C=C\C2CC2(C(=O)O)NC(=O)C2C[C@@H](n3nnc(-c4ccccc4-c4ccccc4)n3)CN2C1=O. The third-order valence-electron chi connectivity index (χ3n) is 9.34. The van der Waals surface area contributed by atoms with Crippen molar-refractivity contribution in [2.24, 2.45) is 5.92 Å². The molecule has 1 aromatic heterocycles. The van der Waals surface area contributed by atoms with Gasteiger partial charge in [0, 0.05) is 24.4 Å². The summed E-state index contributed by atoms with van der Waals surface area (Å²) in [5.74, 6) is -2.09. The van der Waals surface area contributed by atoms with Crippen molar-refractivity contribution in [1.29, 1.82) is 0 Å². The number of tetrazole rings is 1. The van der Waals surface area contributed by atoms with E-state index in [1.54, 1.807) is 20.8 Å². The van der Waals surface area contributed by atoms with Gasteiger partial charge in [0.1, 0.15) is 23.2 Å². The van der Waals surface area contributed by atoms with Gasteiger partial charge in [0.05, 0.1) is 6.04 Å².